The first-order valence-electron chi connectivity index (χ1n) is 7.47. The highest BCUT2D eigenvalue weighted by Crippen LogP contribution is 2.20. The Bertz CT molecular complexity index is 566. The molecule has 0 aromatic heterocycles. The van der Waals surface area contributed by atoms with Crippen molar-refractivity contribution >= 4 is 0 Å². The highest BCUT2D eigenvalue weighted by molar-refractivity contribution is 5.21. The van der Waals surface area contributed by atoms with Crippen molar-refractivity contribution in [3.63, 3.8) is 0 Å². The summed E-state index contributed by atoms with van der Waals surface area (Å²) in [6.07, 6.45) is 2.09. The summed E-state index contributed by atoms with van der Waals surface area (Å²) >= 11 is 0. The molecule has 3 nitrogen and oxygen atoms in total. The Balaban J connectivity index is 1.80. The van der Waals surface area contributed by atoms with Crippen molar-refractivity contribution in [1.29, 1.82) is 0 Å². The van der Waals surface area contributed by atoms with Gasteiger partial charge < -0.3 is 15.3 Å². The Kier molecular flexibility index (Phi) is 6.34. The highest BCUT2D eigenvalue weighted by Gasteiger charge is 2.12. The molecule has 0 saturated heterocycles. The number of hydrogen-bond donors (Lipinski definition) is 3. The lowest BCUT2D eigenvalue weighted by Gasteiger charge is -2.15. The van der Waals surface area contributed by atoms with E-state index >= 15 is 0 Å². The third-order valence-corrected chi connectivity index (χ3v) is 3.55. The van der Waals surface area contributed by atoms with E-state index in [0.717, 1.165) is 11.1 Å². The van der Waals surface area contributed by atoms with Gasteiger partial charge in [-0.25, -0.2) is 0 Å². The zero-order valence-electron chi connectivity index (χ0n) is 12.4. The maximum Gasteiger partial charge on any atom is 0.0971 e. The average Bonchev–Trinajstić information content (AvgIpc) is 2.56. The first kappa shape index (κ1) is 16.4. The van der Waals surface area contributed by atoms with Gasteiger partial charge in [-0.1, -0.05) is 72.8 Å². The number of benzene rings is 2. The predicted molar refractivity (Wildman–Crippen MR) is 87.2 cm³/mol. The van der Waals surface area contributed by atoms with Gasteiger partial charge in [0, 0.05) is 6.42 Å². The summed E-state index contributed by atoms with van der Waals surface area (Å²) < 4.78 is 0. The van der Waals surface area contributed by atoms with Gasteiger partial charge >= 0.3 is 0 Å². The van der Waals surface area contributed by atoms with Gasteiger partial charge in [0.2, 0.25) is 0 Å². The van der Waals surface area contributed by atoms with Gasteiger partial charge in [0.25, 0.3) is 0 Å². The van der Waals surface area contributed by atoms with Gasteiger partial charge in [0.05, 0.1) is 18.3 Å². The van der Waals surface area contributed by atoms with E-state index < -0.39 is 18.3 Å². The molecule has 0 amide bonds. The lowest BCUT2D eigenvalue weighted by molar-refractivity contribution is 0.0820. The molecule has 3 N–H and O–H groups in total. The molecule has 2 aromatic rings. The van der Waals surface area contributed by atoms with Crippen LogP contribution in [0.3, 0.4) is 0 Å². The molecule has 0 unspecified atom stereocenters. The molecule has 3 atom stereocenters. The van der Waals surface area contributed by atoms with E-state index in [2.05, 4.69) is 0 Å². The Labute approximate surface area is 131 Å². The van der Waals surface area contributed by atoms with Crippen molar-refractivity contribution in [1.82, 2.24) is 0 Å². The number of hydrogen-bond acceptors (Lipinski definition) is 3. The molecule has 3 heteroatoms. The molecule has 0 aliphatic heterocycles. The number of aliphatic hydroxyl groups excluding tert-OH is 3. The van der Waals surface area contributed by atoms with Crippen molar-refractivity contribution in [2.45, 2.75) is 31.2 Å². The van der Waals surface area contributed by atoms with Crippen LogP contribution in [0.1, 0.15) is 36.2 Å². The molecule has 0 heterocycles. The minimum Gasteiger partial charge on any atom is -0.393 e. The zero-order valence-corrected chi connectivity index (χ0v) is 12.4. The molecular formula is C19H22O3. The fourth-order valence-corrected chi connectivity index (χ4v) is 2.29. The molecule has 22 heavy (non-hydrogen) atoms. The zero-order chi connectivity index (χ0) is 15.8. The van der Waals surface area contributed by atoms with Crippen molar-refractivity contribution < 1.29 is 15.3 Å². The lowest BCUT2D eigenvalue weighted by Crippen LogP contribution is -2.11. The Morgan fingerprint density at radius 1 is 0.773 bits per heavy atom. The van der Waals surface area contributed by atoms with Crippen LogP contribution in [0.4, 0.5) is 0 Å². The number of rotatable bonds is 7. The molecule has 116 valence electrons. The second-order valence-corrected chi connectivity index (χ2v) is 5.34. The van der Waals surface area contributed by atoms with Crippen LogP contribution in [0.5, 0.6) is 0 Å². The highest BCUT2D eigenvalue weighted by atomic mass is 16.3. The van der Waals surface area contributed by atoms with Crippen molar-refractivity contribution in [2.24, 2.45) is 0 Å². The fraction of sp³-hybridized carbons (Fsp3) is 0.263. The van der Waals surface area contributed by atoms with Crippen LogP contribution in [0, 0.1) is 0 Å². The average molecular weight is 298 g/mol. The summed E-state index contributed by atoms with van der Waals surface area (Å²) in [5, 5.41) is 30.0. The van der Waals surface area contributed by atoms with Crippen LogP contribution in [-0.4, -0.2) is 21.4 Å². The Hall–Kier alpha value is -1.94. The standard InChI is InChI=1S/C19H22O3/c20-17(14-19(22)16-10-5-2-6-11-16)12-7-13-18(21)15-8-3-1-4-9-15/h1-11,13,17-22H,12,14H2/b13-7+/t17-,18+,19-/m0/s1. The fourth-order valence-electron chi connectivity index (χ4n) is 2.29. The first-order chi connectivity index (χ1) is 10.7. The van der Waals surface area contributed by atoms with Gasteiger partial charge in [-0.3, -0.25) is 0 Å². The van der Waals surface area contributed by atoms with E-state index in [4.69, 9.17) is 0 Å². The monoisotopic (exact) mass is 298 g/mol. The van der Waals surface area contributed by atoms with Crippen LogP contribution in [0.25, 0.3) is 0 Å². The van der Waals surface area contributed by atoms with Gasteiger partial charge in [-0.05, 0) is 17.5 Å². The maximum atomic E-state index is 10.0. The van der Waals surface area contributed by atoms with Gasteiger partial charge in [0.1, 0.15) is 0 Å². The molecule has 0 radical (unpaired) electrons. The van der Waals surface area contributed by atoms with E-state index in [1.807, 2.05) is 60.7 Å². The molecule has 0 saturated carbocycles. The molecule has 0 spiro atoms. The third kappa shape index (κ3) is 5.11. The normalized spacial score (nSPS) is 15.6. The van der Waals surface area contributed by atoms with E-state index in [1.54, 1.807) is 12.2 Å². The van der Waals surface area contributed by atoms with Crippen molar-refractivity contribution in [3.05, 3.63) is 83.9 Å². The minimum atomic E-state index is -0.677. The van der Waals surface area contributed by atoms with Crippen LogP contribution < -0.4 is 0 Å². The second-order valence-electron chi connectivity index (χ2n) is 5.34. The van der Waals surface area contributed by atoms with Gasteiger partial charge in [0.15, 0.2) is 0 Å². The topological polar surface area (TPSA) is 60.7 Å². The molecule has 0 aliphatic rings. The Morgan fingerprint density at radius 3 is 1.91 bits per heavy atom. The minimum absolute atomic E-state index is 0.274. The summed E-state index contributed by atoms with van der Waals surface area (Å²) in [7, 11) is 0. The quantitative estimate of drug-likeness (QED) is 0.688. The largest absolute Gasteiger partial charge is 0.393 e. The van der Waals surface area contributed by atoms with E-state index in [9.17, 15) is 15.3 Å². The van der Waals surface area contributed by atoms with E-state index in [0.29, 0.717) is 6.42 Å². The molecule has 0 bridgehead atoms. The Morgan fingerprint density at radius 2 is 1.32 bits per heavy atom. The summed E-state index contributed by atoms with van der Waals surface area (Å²) in [4.78, 5) is 0. The molecule has 0 fully saturated rings. The molecule has 2 rings (SSSR count). The lowest BCUT2D eigenvalue weighted by atomic mass is 10.0. The number of aliphatic hydroxyl groups is 3. The summed E-state index contributed by atoms with van der Waals surface area (Å²) in [5.41, 5.74) is 1.62. The van der Waals surface area contributed by atoms with Crippen molar-refractivity contribution in [2.75, 3.05) is 0 Å². The van der Waals surface area contributed by atoms with Crippen molar-refractivity contribution in [3.8, 4) is 0 Å². The van der Waals surface area contributed by atoms with Gasteiger partial charge in [-0.2, -0.15) is 0 Å². The second kappa shape index (κ2) is 8.49. The van der Waals surface area contributed by atoms with Crippen LogP contribution >= 0.6 is 0 Å². The van der Waals surface area contributed by atoms with E-state index in [-0.39, 0.29) is 6.42 Å². The summed E-state index contributed by atoms with van der Waals surface area (Å²) in [5.74, 6) is 0. The molecule has 0 aliphatic carbocycles. The van der Waals surface area contributed by atoms with Crippen LogP contribution in [0.15, 0.2) is 72.8 Å². The summed E-state index contributed by atoms with van der Waals surface area (Å²) in [6.45, 7) is 0. The van der Waals surface area contributed by atoms with E-state index in [1.165, 1.54) is 0 Å². The SMILES string of the molecule is O[C@@H](C/C=C/[C@@H](O)c1ccccc1)C[C@H](O)c1ccccc1. The molecule has 2 aromatic carbocycles. The van der Waals surface area contributed by atoms with Crippen LogP contribution in [0.2, 0.25) is 0 Å². The first-order valence-corrected chi connectivity index (χ1v) is 7.47. The molecular weight excluding hydrogens is 276 g/mol. The van der Waals surface area contributed by atoms with Gasteiger partial charge in [-0.15, -0.1) is 0 Å². The van der Waals surface area contributed by atoms with Crippen LogP contribution in [-0.2, 0) is 0 Å². The summed E-state index contributed by atoms with van der Waals surface area (Å²) in [6, 6.07) is 18.6. The smallest absolute Gasteiger partial charge is 0.0971 e. The third-order valence-electron chi connectivity index (χ3n) is 3.55. The maximum absolute atomic E-state index is 10.0. The predicted octanol–water partition coefficient (Wildman–Crippen LogP) is 3.15.